The molecule has 0 aliphatic carbocycles. The summed E-state index contributed by atoms with van der Waals surface area (Å²) >= 11 is 0. The number of carbonyl (C=O) groups excluding carboxylic acids is 3. The van der Waals surface area contributed by atoms with Crippen molar-refractivity contribution in [3.05, 3.63) is 85.1 Å². The van der Waals surface area contributed by atoms with Gasteiger partial charge in [-0.1, -0.05) is 279 Å². The number of esters is 3. The van der Waals surface area contributed by atoms with Crippen LogP contribution in [-0.4, -0.2) is 37.2 Å². The average Bonchev–Trinajstić information content (AvgIpc) is 3.43. The molecule has 0 aromatic rings. The molecule has 6 nitrogen and oxygen atoms in total. The van der Waals surface area contributed by atoms with Crippen molar-refractivity contribution in [1.29, 1.82) is 0 Å². The van der Waals surface area contributed by atoms with Crippen molar-refractivity contribution in [2.24, 2.45) is 0 Å². The highest BCUT2D eigenvalue weighted by atomic mass is 16.6. The van der Waals surface area contributed by atoms with Crippen molar-refractivity contribution in [2.45, 2.75) is 335 Å². The van der Waals surface area contributed by atoms with Crippen molar-refractivity contribution in [3.8, 4) is 0 Å². The van der Waals surface area contributed by atoms with Gasteiger partial charge in [-0.15, -0.1) is 0 Å². The van der Waals surface area contributed by atoms with Crippen LogP contribution in [0.25, 0.3) is 0 Å². The Hall–Kier alpha value is -3.41. The first-order valence-corrected chi connectivity index (χ1v) is 33.1. The Kier molecular flexibility index (Phi) is 62.2. The molecule has 1 atom stereocenters. The van der Waals surface area contributed by atoms with Crippen molar-refractivity contribution < 1.29 is 28.6 Å². The Morgan fingerprint density at radius 1 is 0.273 bits per heavy atom. The van der Waals surface area contributed by atoms with E-state index in [1.54, 1.807) is 0 Å². The molecule has 0 amide bonds. The molecule has 0 spiro atoms. The molecule has 0 fully saturated rings. The van der Waals surface area contributed by atoms with Gasteiger partial charge in [0.2, 0.25) is 0 Å². The number of allylic oxidation sites excluding steroid dienone is 14. The van der Waals surface area contributed by atoms with Gasteiger partial charge in [0, 0.05) is 19.3 Å². The molecule has 77 heavy (non-hydrogen) atoms. The van der Waals surface area contributed by atoms with Crippen LogP contribution in [0, 0.1) is 0 Å². The fourth-order valence-electron chi connectivity index (χ4n) is 9.40. The number of carbonyl (C=O) groups is 3. The summed E-state index contributed by atoms with van der Waals surface area (Å²) in [7, 11) is 0. The van der Waals surface area contributed by atoms with Crippen LogP contribution in [0.3, 0.4) is 0 Å². The van der Waals surface area contributed by atoms with Crippen molar-refractivity contribution >= 4 is 17.9 Å². The maximum Gasteiger partial charge on any atom is 0.306 e. The SMILES string of the molecule is CC/C=C\C/C=C\C/C=C\C/C=C\C/C=C\CCCCCCCC(=O)OC(COC(=O)CCCCCCC/C=C\CCCCCCCC)COC(=O)CCCCCCCCCCCCC/C=C\CCCCCCCCCC. The molecule has 0 bridgehead atoms. The van der Waals surface area contributed by atoms with Crippen LogP contribution < -0.4 is 0 Å². The van der Waals surface area contributed by atoms with Crippen LogP contribution in [0.5, 0.6) is 0 Å². The molecule has 0 radical (unpaired) electrons. The third-order valence-corrected chi connectivity index (χ3v) is 14.4. The monoisotopic (exact) mass is 1070 g/mol. The highest BCUT2D eigenvalue weighted by Crippen LogP contribution is 2.16. The van der Waals surface area contributed by atoms with Crippen LogP contribution in [0.1, 0.15) is 329 Å². The van der Waals surface area contributed by atoms with Crippen molar-refractivity contribution in [2.75, 3.05) is 13.2 Å². The van der Waals surface area contributed by atoms with Gasteiger partial charge in [-0.05, 0) is 116 Å². The Labute approximate surface area is 477 Å². The van der Waals surface area contributed by atoms with Gasteiger partial charge in [-0.2, -0.15) is 0 Å². The summed E-state index contributed by atoms with van der Waals surface area (Å²) in [5.74, 6) is -0.901. The van der Waals surface area contributed by atoms with Gasteiger partial charge < -0.3 is 14.2 Å². The molecule has 0 aliphatic heterocycles. The molecule has 6 heteroatoms. The molecule has 0 N–H and O–H groups in total. The average molecular weight is 1070 g/mol. The van der Waals surface area contributed by atoms with Gasteiger partial charge >= 0.3 is 17.9 Å². The predicted octanol–water partition coefficient (Wildman–Crippen LogP) is 22.7. The molecule has 0 rings (SSSR count). The molecule has 0 saturated heterocycles. The highest BCUT2D eigenvalue weighted by Gasteiger charge is 2.19. The van der Waals surface area contributed by atoms with Gasteiger partial charge in [-0.3, -0.25) is 14.4 Å². The van der Waals surface area contributed by atoms with Crippen LogP contribution in [-0.2, 0) is 28.6 Å². The number of ether oxygens (including phenoxy) is 3. The maximum atomic E-state index is 12.9. The fourth-order valence-corrected chi connectivity index (χ4v) is 9.40. The number of rotatable bonds is 60. The number of hydrogen-bond donors (Lipinski definition) is 0. The van der Waals surface area contributed by atoms with Crippen molar-refractivity contribution in [1.82, 2.24) is 0 Å². The first kappa shape index (κ1) is 73.6. The molecule has 0 aliphatic rings. The Morgan fingerprint density at radius 3 is 0.805 bits per heavy atom. The van der Waals surface area contributed by atoms with E-state index in [4.69, 9.17) is 14.2 Å². The second-order valence-electron chi connectivity index (χ2n) is 22.0. The summed E-state index contributed by atoms with van der Waals surface area (Å²) < 4.78 is 16.9. The van der Waals surface area contributed by atoms with E-state index in [0.717, 1.165) is 116 Å². The van der Waals surface area contributed by atoms with E-state index in [2.05, 4.69) is 106 Å². The normalized spacial score (nSPS) is 12.6. The Morgan fingerprint density at radius 2 is 0.506 bits per heavy atom. The van der Waals surface area contributed by atoms with E-state index in [1.165, 1.54) is 173 Å². The van der Waals surface area contributed by atoms with E-state index in [-0.39, 0.29) is 31.1 Å². The summed E-state index contributed by atoms with van der Waals surface area (Å²) in [5.41, 5.74) is 0. The van der Waals surface area contributed by atoms with Gasteiger partial charge in [0.05, 0.1) is 0 Å². The first-order chi connectivity index (χ1) is 38.0. The minimum absolute atomic E-state index is 0.0862. The van der Waals surface area contributed by atoms with E-state index in [1.807, 2.05) is 0 Å². The molecule has 0 aromatic carbocycles. The summed E-state index contributed by atoms with van der Waals surface area (Å²) in [4.78, 5) is 38.4. The van der Waals surface area contributed by atoms with Crippen LogP contribution in [0.4, 0.5) is 0 Å². The minimum atomic E-state index is -0.792. The number of hydrogen-bond acceptors (Lipinski definition) is 6. The molecular weight excluding hydrogens is 949 g/mol. The Bertz CT molecular complexity index is 1470. The van der Waals surface area contributed by atoms with E-state index in [9.17, 15) is 14.4 Å². The summed E-state index contributed by atoms with van der Waals surface area (Å²) in [6.45, 7) is 6.53. The number of unbranched alkanes of at least 4 members (excludes halogenated alkanes) is 35. The first-order valence-electron chi connectivity index (χ1n) is 33.1. The van der Waals surface area contributed by atoms with E-state index in [0.29, 0.717) is 19.3 Å². The Balaban J connectivity index is 4.38. The fraction of sp³-hybridized carbons (Fsp3) is 0.761. The smallest absolute Gasteiger partial charge is 0.306 e. The summed E-state index contributed by atoms with van der Waals surface area (Å²) in [5, 5.41) is 0. The quantitative estimate of drug-likeness (QED) is 0.0261. The van der Waals surface area contributed by atoms with Gasteiger partial charge in [0.25, 0.3) is 0 Å². The second kappa shape index (κ2) is 65.1. The lowest BCUT2D eigenvalue weighted by atomic mass is 10.0. The zero-order chi connectivity index (χ0) is 55.7. The molecule has 0 heterocycles. The predicted molar refractivity (Wildman–Crippen MR) is 334 cm³/mol. The lowest BCUT2D eigenvalue weighted by Gasteiger charge is -2.18. The van der Waals surface area contributed by atoms with E-state index >= 15 is 0 Å². The largest absolute Gasteiger partial charge is 0.462 e. The topological polar surface area (TPSA) is 78.9 Å². The zero-order valence-electron chi connectivity index (χ0n) is 51.0. The summed E-state index contributed by atoms with van der Waals surface area (Å²) in [6.07, 6.45) is 85.9. The third kappa shape index (κ3) is 63.3. The molecular formula is C71H124O6. The highest BCUT2D eigenvalue weighted by molar-refractivity contribution is 5.71. The lowest BCUT2D eigenvalue weighted by Crippen LogP contribution is -2.30. The second-order valence-corrected chi connectivity index (χ2v) is 22.0. The summed E-state index contributed by atoms with van der Waals surface area (Å²) in [6, 6.07) is 0. The van der Waals surface area contributed by atoms with Gasteiger partial charge in [0.15, 0.2) is 6.10 Å². The molecule has 0 saturated carbocycles. The van der Waals surface area contributed by atoms with E-state index < -0.39 is 6.10 Å². The zero-order valence-corrected chi connectivity index (χ0v) is 51.0. The minimum Gasteiger partial charge on any atom is -0.462 e. The lowest BCUT2D eigenvalue weighted by molar-refractivity contribution is -0.167. The molecule has 0 aromatic heterocycles. The third-order valence-electron chi connectivity index (χ3n) is 14.4. The van der Waals surface area contributed by atoms with Gasteiger partial charge in [0.1, 0.15) is 13.2 Å². The molecule has 1 unspecified atom stereocenters. The standard InChI is InChI=1S/C71H124O6/c1-4-7-10-13-16-19-22-25-28-30-32-34-35-37-38-40-43-46-49-52-55-58-61-64-70(73)76-67-68(66-75-69(72)63-60-57-54-51-48-45-42-27-24-21-18-15-12-9-6-3)77-71(74)65-62-59-56-53-50-47-44-41-39-36-33-31-29-26-23-20-17-14-11-8-5-2/h8,11,17,20,26-27,29-30,32-33,36,41-42,44,68H,4-7,9-10,12-16,18-19,21-25,28,31,34-35,37-40,43,45-67H2,1-3H3/b11-8-,20-17-,29-26-,32-30-,36-33-,42-27-,44-41-. The molecule has 444 valence electrons. The van der Waals surface area contributed by atoms with Gasteiger partial charge in [-0.25, -0.2) is 0 Å². The van der Waals surface area contributed by atoms with Crippen LogP contribution in [0.15, 0.2) is 85.1 Å². The van der Waals surface area contributed by atoms with Crippen LogP contribution in [0.2, 0.25) is 0 Å². The maximum absolute atomic E-state index is 12.9. The van der Waals surface area contributed by atoms with Crippen molar-refractivity contribution in [3.63, 3.8) is 0 Å². The van der Waals surface area contributed by atoms with Crippen LogP contribution >= 0.6 is 0 Å².